The Kier molecular flexibility index (Phi) is 17.0. The molecule has 1 aromatic heterocycles. The van der Waals surface area contributed by atoms with Crippen LogP contribution in [0.1, 0.15) is 68.8 Å². The van der Waals surface area contributed by atoms with Gasteiger partial charge in [-0.2, -0.15) is 0 Å². The van der Waals surface area contributed by atoms with Crippen molar-refractivity contribution in [1.29, 1.82) is 0 Å². The van der Waals surface area contributed by atoms with Gasteiger partial charge in [0.2, 0.25) is 5.91 Å². The van der Waals surface area contributed by atoms with Gasteiger partial charge in [-0.3, -0.25) is 4.79 Å². The largest absolute Gasteiger partial charge is 0.616 e. The fourth-order valence-electron chi connectivity index (χ4n) is 6.04. The maximum atomic E-state index is 14.5. The van der Waals surface area contributed by atoms with Crippen molar-refractivity contribution in [2.24, 2.45) is 5.92 Å². The van der Waals surface area contributed by atoms with Gasteiger partial charge in [-0.15, -0.1) is 4.73 Å². The Bertz CT molecular complexity index is 1900. The summed E-state index contributed by atoms with van der Waals surface area (Å²) >= 11 is 12.6. The summed E-state index contributed by atoms with van der Waals surface area (Å²) in [6, 6.07) is 14.3. The molecule has 4 rings (SSSR count). The van der Waals surface area contributed by atoms with Gasteiger partial charge >= 0.3 is 12.0 Å². The summed E-state index contributed by atoms with van der Waals surface area (Å²) in [4.78, 5) is 29.1. The fraction of sp³-hybridized carbons (Fsp3) is 0.537. The van der Waals surface area contributed by atoms with Crippen LogP contribution in [0.3, 0.4) is 0 Å². The number of hydrogen-bond acceptors (Lipinski definition) is 10. The number of amides is 2. The van der Waals surface area contributed by atoms with Gasteiger partial charge in [-0.05, 0) is 101 Å². The highest BCUT2D eigenvalue weighted by atomic mass is 35.5. The van der Waals surface area contributed by atoms with Crippen molar-refractivity contribution in [3.63, 3.8) is 0 Å². The van der Waals surface area contributed by atoms with E-state index in [-0.39, 0.29) is 62.9 Å². The standard InChI is InChI=1S/C41H55Cl2N3O10S/c1-28-21-35(42)38(36(43)22-28)55-19-18-53-34-14-10-29(11-15-34)23-31(26-44-40(48)56-41(2,3)4)39(47)45(32-12-13-32)27-30-24-33(9-7-16-52-5)46(49)37(25-30)54-17-8-20-57(6,50)51/h10-11,14-15,21-22,24-25,31-32H,7-9,12-13,16-20,23,26-27H2,1-6H3,(H,44,48). The molecular formula is C41H55Cl2N3O10S. The summed E-state index contributed by atoms with van der Waals surface area (Å²) in [5.74, 6) is 0.167. The van der Waals surface area contributed by atoms with Crippen LogP contribution in [0.25, 0.3) is 0 Å². The number of aryl methyl sites for hydroxylation is 2. The summed E-state index contributed by atoms with van der Waals surface area (Å²) in [7, 11) is -1.60. The molecule has 1 N–H and O–H groups in total. The van der Waals surface area contributed by atoms with E-state index in [0.29, 0.717) is 63.4 Å². The fourth-order valence-corrected chi connectivity index (χ4v) is 7.39. The molecule has 1 heterocycles. The molecule has 1 aliphatic rings. The average molecular weight is 853 g/mol. The van der Waals surface area contributed by atoms with Crippen molar-refractivity contribution in [2.45, 2.75) is 84.4 Å². The number of nitrogens with one attached hydrogen (secondary N) is 1. The molecule has 1 fully saturated rings. The van der Waals surface area contributed by atoms with Crippen LogP contribution in [0.5, 0.6) is 17.4 Å². The Balaban J connectivity index is 1.50. The highest BCUT2D eigenvalue weighted by Crippen LogP contribution is 2.34. The number of aromatic nitrogens is 1. The lowest BCUT2D eigenvalue weighted by atomic mass is 9.97. The monoisotopic (exact) mass is 851 g/mol. The van der Waals surface area contributed by atoms with Crippen LogP contribution in [-0.2, 0) is 43.5 Å². The summed E-state index contributed by atoms with van der Waals surface area (Å²) in [5.41, 5.74) is 2.21. The van der Waals surface area contributed by atoms with Crippen molar-refractivity contribution in [2.75, 3.05) is 52.1 Å². The van der Waals surface area contributed by atoms with Gasteiger partial charge in [-0.25, -0.2) is 13.2 Å². The molecule has 0 aliphatic heterocycles. The lowest BCUT2D eigenvalue weighted by Gasteiger charge is -2.28. The zero-order valence-corrected chi connectivity index (χ0v) is 35.9. The number of sulfone groups is 1. The summed E-state index contributed by atoms with van der Waals surface area (Å²) in [6.07, 6.45) is 3.71. The van der Waals surface area contributed by atoms with Crippen LogP contribution >= 0.6 is 23.2 Å². The molecule has 2 aromatic carbocycles. The van der Waals surface area contributed by atoms with E-state index in [1.807, 2.05) is 36.1 Å². The van der Waals surface area contributed by atoms with Crippen LogP contribution < -0.4 is 24.3 Å². The van der Waals surface area contributed by atoms with E-state index in [0.717, 1.165) is 30.2 Å². The van der Waals surface area contributed by atoms with Gasteiger partial charge < -0.3 is 39.1 Å². The molecule has 3 aromatic rings. The molecule has 0 saturated heterocycles. The third kappa shape index (κ3) is 15.7. The third-order valence-electron chi connectivity index (χ3n) is 8.82. The molecule has 2 amide bonds. The van der Waals surface area contributed by atoms with Crippen molar-refractivity contribution in [3.05, 3.63) is 86.2 Å². The van der Waals surface area contributed by atoms with Crippen LogP contribution in [0.2, 0.25) is 10.0 Å². The Labute approximate surface area is 346 Å². The first-order valence-electron chi connectivity index (χ1n) is 19.0. The molecule has 16 heteroatoms. The number of nitrogens with zero attached hydrogens (tertiary/aromatic N) is 2. The minimum absolute atomic E-state index is 0.0140. The van der Waals surface area contributed by atoms with Crippen molar-refractivity contribution < 1.29 is 46.4 Å². The SMILES string of the molecule is COCCCc1cc(CN(C(=O)C(CNC(=O)OC(C)(C)C)Cc2ccc(OCCOc3c(Cl)cc(C)cc3Cl)cc2)C2CC2)cc(OCCCS(C)(=O)=O)[n+]1[O-]. The number of rotatable bonds is 22. The van der Waals surface area contributed by atoms with Crippen LogP contribution in [0, 0.1) is 18.0 Å². The molecular weight excluding hydrogens is 797 g/mol. The second-order valence-electron chi connectivity index (χ2n) is 15.3. The Hall–Kier alpha value is -3.98. The summed E-state index contributed by atoms with van der Waals surface area (Å²) in [5, 5.41) is 16.9. The number of alkyl carbamates (subject to hydrolysis) is 1. The highest BCUT2D eigenvalue weighted by Gasteiger charge is 2.37. The Morgan fingerprint density at radius 2 is 1.61 bits per heavy atom. The molecule has 0 radical (unpaired) electrons. The zero-order chi connectivity index (χ0) is 41.8. The molecule has 1 unspecified atom stereocenters. The molecule has 0 bridgehead atoms. The summed E-state index contributed by atoms with van der Waals surface area (Å²) < 4.78 is 52.1. The van der Waals surface area contributed by atoms with Crippen molar-refractivity contribution in [1.82, 2.24) is 10.2 Å². The zero-order valence-electron chi connectivity index (χ0n) is 33.6. The predicted molar refractivity (Wildman–Crippen MR) is 219 cm³/mol. The van der Waals surface area contributed by atoms with Gasteiger partial charge in [0, 0.05) is 51.6 Å². The van der Waals surface area contributed by atoms with E-state index in [4.69, 9.17) is 46.9 Å². The number of benzene rings is 2. The number of carbonyl (C=O) groups excluding carboxylic acids is 2. The van der Waals surface area contributed by atoms with E-state index in [2.05, 4.69) is 5.32 Å². The van der Waals surface area contributed by atoms with E-state index in [9.17, 15) is 23.2 Å². The lowest BCUT2D eigenvalue weighted by molar-refractivity contribution is -0.621. The minimum Gasteiger partial charge on any atom is -0.616 e. The first kappa shape index (κ1) is 45.7. The van der Waals surface area contributed by atoms with Crippen LogP contribution in [0.15, 0.2) is 48.5 Å². The third-order valence-corrected chi connectivity index (χ3v) is 10.4. The second-order valence-corrected chi connectivity index (χ2v) is 18.4. The number of carbonyl (C=O) groups is 2. The van der Waals surface area contributed by atoms with Gasteiger partial charge in [0.1, 0.15) is 34.4 Å². The van der Waals surface area contributed by atoms with Crippen molar-refractivity contribution >= 4 is 45.0 Å². The molecule has 57 heavy (non-hydrogen) atoms. The molecule has 1 atom stereocenters. The second kappa shape index (κ2) is 21.1. The maximum Gasteiger partial charge on any atom is 0.407 e. The van der Waals surface area contributed by atoms with Gasteiger partial charge in [-0.1, -0.05) is 35.3 Å². The van der Waals surface area contributed by atoms with E-state index >= 15 is 0 Å². The number of pyridine rings is 1. The number of halogens is 2. The highest BCUT2D eigenvalue weighted by molar-refractivity contribution is 7.90. The van der Waals surface area contributed by atoms with E-state index in [1.54, 1.807) is 52.1 Å². The van der Waals surface area contributed by atoms with Crippen LogP contribution in [-0.4, -0.2) is 89.1 Å². The van der Waals surface area contributed by atoms with E-state index < -0.39 is 27.4 Å². The lowest BCUT2D eigenvalue weighted by Crippen LogP contribution is -2.44. The molecule has 314 valence electrons. The Morgan fingerprint density at radius 1 is 0.947 bits per heavy atom. The quantitative estimate of drug-likeness (QED) is 0.0659. The first-order valence-corrected chi connectivity index (χ1v) is 21.9. The molecule has 13 nitrogen and oxygen atoms in total. The van der Waals surface area contributed by atoms with E-state index in [1.165, 1.54) is 0 Å². The van der Waals surface area contributed by atoms with Crippen LogP contribution in [0.4, 0.5) is 4.79 Å². The first-order chi connectivity index (χ1) is 26.9. The average Bonchev–Trinajstić information content (AvgIpc) is 3.96. The minimum atomic E-state index is -3.19. The number of methoxy groups -OCH3 is 1. The van der Waals surface area contributed by atoms with Crippen molar-refractivity contribution in [3.8, 4) is 17.4 Å². The normalized spacial score (nSPS) is 13.5. The predicted octanol–water partition coefficient (Wildman–Crippen LogP) is 6.66. The smallest absolute Gasteiger partial charge is 0.407 e. The topological polar surface area (TPSA) is 157 Å². The van der Waals surface area contributed by atoms with Gasteiger partial charge in [0.25, 0.3) is 0 Å². The number of ether oxygens (including phenoxy) is 5. The Morgan fingerprint density at radius 3 is 2.23 bits per heavy atom. The molecule has 1 saturated carbocycles. The van der Waals surface area contributed by atoms with Gasteiger partial charge in [0.15, 0.2) is 11.4 Å². The maximum absolute atomic E-state index is 14.5. The molecule has 0 spiro atoms. The van der Waals surface area contributed by atoms with Gasteiger partial charge in [0.05, 0.1) is 34.4 Å². The molecule has 1 aliphatic carbocycles. The number of hydrogen-bond donors (Lipinski definition) is 1. The summed E-state index contributed by atoms with van der Waals surface area (Å²) in [6.45, 7) is 8.39.